The van der Waals surface area contributed by atoms with E-state index in [2.05, 4.69) is 15.5 Å². The molecule has 19 heavy (non-hydrogen) atoms. The van der Waals surface area contributed by atoms with Crippen LogP contribution < -0.4 is 10.1 Å². The lowest BCUT2D eigenvalue weighted by Gasteiger charge is -2.22. The number of hydrogen-bond donors (Lipinski definition) is 1. The SMILES string of the molecule is c1cc(OCC2CCCCO2)nnc1CNC1CC1. The summed E-state index contributed by atoms with van der Waals surface area (Å²) in [5.41, 5.74) is 0.966. The van der Waals surface area contributed by atoms with Gasteiger partial charge in [-0.3, -0.25) is 0 Å². The maximum Gasteiger partial charge on any atom is 0.233 e. The number of nitrogens with zero attached hydrogens (tertiary/aromatic N) is 2. The van der Waals surface area contributed by atoms with E-state index in [1.165, 1.54) is 25.7 Å². The third kappa shape index (κ3) is 4.14. The summed E-state index contributed by atoms with van der Waals surface area (Å²) in [6, 6.07) is 4.56. The molecule has 2 heterocycles. The van der Waals surface area contributed by atoms with Crippen LogP contribution in [0.25, 0.3) is 0 Å². The Balaban J connectivity index is 1.42. The molecule has 3 rings (SSSR count). The number of ether oxygens (including phenoxy) is 2. The van der Waals surface area contributed by atoms with Crippen LogP contribution in [0, 0.1) is 0 Å². The highest BCUT2D eigenvalue weighted by atomic mass is 16.5. The van der Waals surface area contributed by atoms with Crippen LogP contribution >= 0.6 is 0 Å². The maximum absolute atomic E-state index is 5.62. The molecular formula is C14H21N3O2. The zero-order valence-electron chi connectivity index (χ0n) is 11.2. The Bertz CT molecular complexity index is 386. The fourth-order valence-corrected chi connectivity index (χ4v) is 2.17. The standard InChI is InChI=1S/C14H21N3O2/c1-2-8-18-13(3-1)10-19-14-7-6-12(16-17-14)9-15-11-4-5-11/h6-7,11,13,15H,1-5,8-10H2. The molecule has 1 aliphatic carbocycles. The van der Waals surface area contributed by atoms with Crippen LogP contribution in [0.1, 0.15) is 37.8 Å². The van der Waals surface area contributed by atoms with Crippen molar-refractivity contribution in [1.82, 2.24) is 15.5 Å². The Hall–Kier alpha value is -1.20. The van der Waals surface area contributed by atoms with Crippen LogP contribution in [-0.2, 0) is 11.3 Å². The predicted molar refractivity (Wildman–Crippen MR) is 71.0 cm³/mol. The fraction of sp³-hybridized carbons (Fsp3) is 0.714. The second-order valence-corrected chi connectivity index (χ2v) is 5.32. The summed E-state index contributed by atoms with van der Waals surface area (Å²) in [5.74, 6) is 0.587. The lowest BCUT2D eigenvalue weighted by Crippen LogP contribution is -2.26. The lowest BCUT2D eigenvalue weighted by atomic mass is 10.1. The summed E-state index contributed by atoms with van der Waals surface area (Å²) in [6.45, 7) is 2.23. The second kappa shape index (κ2) is 6.30. The van der Waals surface area contributed by atoms with Gasteiger partial charge in [-0.25, -0.2) is 0 Å². The first-order valence-corrected chi connectivity index (χ1v) is 7.20. The van der Waals surface area contributed by atoms with E-state index in [9.17, 15) is 0 Å². The monoisotopic (exact) mass is 263 g/mol. The van der Waals surface area contributed by atoms with E-state index in [0.29, 0.717) is 18.5 Å². The molecule has 1 unspecified atom stereocenters. The van der Waals surface area contributed by atoms with Crippen LogP contribution in [-0.4, -0.2) is 35.6 Å². The summed E-state index contributed by atoms with van der Waals surface area (Å²) in [7, 11) is 0. The molecule has 0 amide bonds. The molecule has 1 aromatic heterocycles. The summed E-state index contributed by atoms with van der Waals surface area (Å²) in [5, 5.41) is 11.7. The van der Waals surface area contributed by atoms with Crippen molar-refractivity contribution in [2.24, 2.45) is 0 Å². The molecule has 1 atom stereocenters. The minimum absolute atomic E-state index is 0.215. The van der Waals surface area contributed by atoms with Crippen molar-refractivity contribution >= 4 is 0 Å². The summed E-state index contributed by atoms with van der Waals surface area (Å²) in [4.78, 5) is 0. The third-order valence-electron chi connectivity index (χ3n) is 3.54. The fourth-order valence-electron chi connectivity index (χ4n) is 2.17. The molecule has 2 fully saturated rings. The highest BCUT2D eigenvalue weighted by molar-refractivity contribution is 5.11. The molecule has 0 bridgehead atoms. The molecule has 2 aliphatic rings. The molecule has 5 heteroatoms. The topological polar surface area (TPSA) is 56.3 Å². The molecule has 0 spiro atoms. The Morgan fingerprint density at radius 1 is 1.21 bits per heavy atom. The smallest absolute Gasteiger partial charge is 0.233 e. The quantitative estimate of drug-likeness (QED) is 0.846. The van der Waals surface area contributed by atoms with Crippen molar-refractivity contribution in [2.45, 2.75) is 50.8 Å². The van der Waals surface area contributed by atoms with Crippen molar-refractivity contribution in [2.75, 3.05) is 13.2 Å². The number of rotatable bonds is 6. The number of hydrogen-bond acceptors (Lipinski definition) is 5. The normalized spacial score (nSPS) is 23.3. The highest BCUT2D eigenvalue weighted by Crippen LogP contribution is 2.19. The van der Waals surface area contributed by atoms with Crippen LogP contribution in [0.3, 0.4) is 0 Å². The van der Waals surface area contributed by atoms with Gasteiger partial charge in [0.15, 0.2) is 0 Å². The van der Waals surface area contributed by atoms with E-state index in [1.807, 2.05) is 12.1 Å². The molecule has 104 valence electrons. The largest absolute Gasteiger partial charge is 0.474 e. The van der Waals surface area contributed by atoms with Gasteiger partial charge < -0.3 is 14.8 Å². The summed E-state index contributed by atoms with van der Waals surface area (Å²) >= 11 is 0. The van der Waals surface area contributed by atoms with Gasteiger partial charge in [-0.2, -0.15) is 5.10 Å². The second-order valence-electron chi connectivity index (χ2n) is 5.32. The van der Waals surface area contributed by atoms with Crippen molar-refractivity contribution < 1.29 is 9.47 Å². The van der Waals surface area contributed by atoms with E-state index in [4.69, 9.17) is 9.47 Å². The lowest BCUT2D eigenvalue weighted by molar-refractivity contribution is -0.0121. The molecule has 1 N–H and O–H groups in total. The van der Waals surface area contributed by atoms with Crippen LogP contribution in [0.4, 0.5) is 0 Å². The minimum atomic E-state index is 0.215. The Morgan fingerprint density at radius 2 is 2.16 bits per heavy atom. The van der Waals surface area contributed by atoms with Gasteiger partial charge in [-0.05, 0) is 38.2 Å². The summed E-state index contributed by atoms with van der Waals surface area (Å²) in [6.07, 6.45) is 6.26. The first kappa shape index (κ1) is 12.8. The number of nitrogens with one attached hydrogen (secondary N) is 1. The average Bonchev–Trinajstić information content (AvgIpc) is 3.29. The van der Waals surface area contributed by atoms with Gasteiger partial charge >= 0.3 is 0 Å². The Kier molecular flexibility index (Phi) is 4.25. The molecule has 0 aromatic carbocycles. The van der Waals surface area contributed by atoms with Gasteiger partial charge in [0.1, 0.15) is 6.61 Å². The molecule has 1 saturated carbocycles. The average molecular weight is 263 g/mol. The molecular weight excluding hydrogens is 242 g/mol. The van der Waals surface area contributed by atoms with Crippen LogP contribution in [0.15, 0.2) is 12.1 Å². The predicted octanol–water partition coefficient (Wildman–Crippen LogP) is 1.68. The minimum Gasteiger partial charge on any atom is -0.474 e. The van der Waals surface area contributed by atoms with Crippen LogP contribution in [0.2, 0.25) is 0 Å². The van der Waals surface area contributed by atoms with Gasteiger partial charge in [-0.15, -0.1) is 5.10 Å². The van der Waals surface area contributed by atoms with Crippen molar-refractivity contribution in [3.8, 4) is 5.88 Å². The van der Waals surface area contributed by atoms with Gasteiger partial charge in [-0.1, -0.05) is 0 Å². The Morgan fingerprint density at radius 3 is 2.84 bits per heavy atom. The molecule has 1 aliphatic heterocycles. The van der Waals surface area contributed by atoms with E-state index in [1.54, 1.807) is 0 Å². The first-order valence-electron chi connectivity index (χ1n) is 7.20. The maximum atomic E-state index is 5.62. The molecule has 1 aromatic rings. The molecule has 5 nitrogen and oxygen atoms in total. The third-order valence-corrected chi connectivity index (χ3v) is 3.54. The van der Waals surface area contributed by atoms with Gasteiger partial charge in [0.2, 0.25) is 5.88 Å². The van der Waals surface area contributed by atoms with Crippen molar-refractivity contribution in [3.63, 3.8) is 0 Å². The van der Waals surface area contributed by atoms with E-state index in [-0.39, 0.29) is 6.10 Å². The van der Waals surface area contributed by atoms with Gasteiger partial charge in [0, 0.05) is 25.3 Å². The molecule has 0 radical (unpaired) electrons. The van der Waals surface area contributed by atoms with Crippen molar-refractivity contribution in [3.05, 3.63) is 17.8 Å². The van der Waals surface area contributed by atoms with E-state index < -0.39 is 0 Å². The number of aromatic nitrogens is 2. The van der Waals surface area contributed by atoms with E-state index >= 15 is 0 Å². The van der Waals surface area contributed by atoms with Gasteiger partial charge in [0.25, 0.3) is 0 Å². The Labute approximate surface area is 113 Å². The van der Waals surface area contributed by atoms with Gasteiger partial charge in [0.05, 0.1) is 11.8 Å². The van der Waals surface area contributed by atoms with E-state index in [0.717, 1.165) is 25.3 Å². The van der Waals surface area contributed by atoms with Crippen LogP contribution in [0.5, 0.6) is 5.88 Å². The zero-order chi connectivity index (χ0) is 12.9. The molecule has 1 saturated heterocycles. The van der Waals surface area contributed by atoms with Crippen molar-refractivity contribution in [1.29, 1.82) is 0 Å². The highest BCUT2D eigenvalue weighted by Gasteiger charge is 2.20. The zero-order valence-corrected chi connectivity index (χ0v) is 11.2. The first-order chi connectivity index (χ1) is 9.40. The summed E-state index contributed by atoms with van der Waals surface area (Å²) < 4.78 is 11.2.